The van der Waals surface area contributed by atoms with Crippen molar-refractivity contribution in [2.45, 2.75) is 0 Å². The van der Waals surface area contributed by atoms with Gasteiger partial charge in [0.15, 0.2) is 0 Å². The van der Waals surface area contributed by atoms with Crippen molar-refractivity contribution in [3.05, 3.63) is 315 Å². The number of fused-ring (bicyclic) bond motifs is 16. The molecule has 0 radical (unpaired) electrons. The molecule has 19 aromatic rings. The van der Waals surface area contributed by atoms with Crippen molar-refractivity contribution in [3.63, 3.8) is 0 Å². The third-order valence-electron chi connectivity index (χ3n) is 17.8. The Morgan fingerprint density at radius 1 is 0.200 bits per heavy atom. The van der Waals surface area contributed by atoms with Crippen molar-refractivity contribution in [1.29, 1.82) is 0 Å². The molecule has 90 heavy (non-hydrogen) atoms. The van der Waals surface area contributed by atoms with E-state index in [1.165, 1.54) is 70.7 Å². The summed E-state index contributed by atoms with van der Waals surface area (Å²) in [6.07, 6.45) is 0. The van der Waals surface area contributed by atoms with E-state index in [0.717, 1.165) is 83.3 Å². The Morgan fingerprint density at radius 3 is 1.01 bits per heavy atom. The Morgan fingerprint density at radius 2 is 0.544 bits per heavy atom. The highest BCUT2D eigenvalue weighted by atomic mass is 15.2. The van der Waals surface area contributed by atoms with E-state index in [-0.39, 0.29) is 0 Å². The van der Waals surface area contributed by atoms with Crippen molar-refractivity contribution >= 4 is 109 Å². The van der Waals surface area contributed by atoms with Gasteiger partial charge in [0.05, 0.1) is 66.6 Å². The van der Waals surface area contributed by atoms with Gasteiger partial charge >= 0.3 is 0 Å². The maximum atomic E-state index is 5.40. The number of rotatable bonds is 7. The Bertz CT molecular complexity index is 6020. The first kappa shape index (κ1) is 51.0. The lowest BCUT2D eigenvalue weighted by molar-refractivity contribution is 1.01. The number of nitrogens with zero attached hydrogens (tertiary/aromatic N) is 8. The van der Waals surface area contributed by atoms with Crippen LogP contribution in [0, 0.1) is 0 Å². The molecule has 13 aromatic carbocycles. The van der Waals surface area contributed by atoms with Crippen LogP contribution in [0.3, 0.4) is 0 Å². The summed E-state index contributed by atoms with van der Waals surface area (Å²) in [4.78, 5) is 21.0. The molecule has 0 saturated carbocycles. The van der Waals surface area contributed by atoms with E-state index in [1.54, 1.807) is 0 Å². The molecule has 0 saturated heterocycles. The van der Waals surface area contributed by atoms with Crippen LogP contribution in [-0.4, -0.2) is 38.2 Å². The zero-order valence-electron chi connectivity index (χ0n) is 48.6. The highest BCUT2D eigenvalue weighted by Gasteiger charge is 2.25. The van der Waals surface area contributed by atoms with Crippen LogP contribution in [-0.2, 0) is 0 Å². The van der Waals surface area contributed by atoms with Crippen LogP contribution in [0.25, 0.3) is 166 Å². The summed E-state index contributed by atoms with van der Waals surface area (Å²) in [5.41, 5.74) is 19.5. The minimum Gasteiger partial charge on any atom is -0.309 e. The molecule has 6 aromatic heterocycles. The van der Waals surface area contributed by atoms with Gasteiger partial charge in [0.25, 0.3) is 0 Å². The maximum Gasteiger partial charge on any atom is 0.235 e. The summed E-state index contributed by atoms with van der Waals surface area (Å²) in [5.74, 6) is 1.32. The van der Waals surface area contributed by atoms with Gasteiger partial charge < -0.3 is 9.13 Å². The topological polar surface area (TPSA) is 71.3 Å². The van der Waals surface area contributed by atoms with Crippen LogP contribution < -0.4 is 0 Å². The SMILES string of the molecule is c1ccc(-c2cccc(-c3nc(-n4c5ccccc5c5c4ccc4c6ccccc6n(-c6ccccc6)c45)nc4ccccc34)c2)cc1.c1ccc(-c2nc(-n3c4ccccc4c4c3ccc3c5ccccc5n(-c5ccccc5)c34)nc3ccccc23)cc1. The first-order chi connectivity index (χ1) is 44.7. The maximum absolute atomic E-state index is 5.40. The Labute approximate surface area is 516 Å². The summed E-state index contributed by atoms with van der Waals surface area (Å²) in [7, 11) is 0. The summed E-state index contributed by atoms with van der Waals surface area (Å²) in [6.45, 7) is 0. The molecule has 0 unspecified atom stereocenters. The van der Waals surface area contributed by atoms with Gasteiger partial charge in [-0.3, -0.25) is 9.13 Å². The van der Waals surface area contributed by atoms with Crippen LogP contribution in [0.15, 0.2) is 315 Å². The fourth-order valence-electron chi connectivity index (χ4n) is 14.0. The second kappa shape index (κ2) is 20.7. The Hall–Kier alpha value is -12.3. The standard InChI is InChI=1S/C44H28N4.C38H24N4/c1-3-14-29(15-4-1)30-16-13-17-31(28-30)42-35-21-7-10-23-37(35)45-44(46-42)48-39-25-12-9-22-36(39)41-40(48)27-26-34-33-20-8-11-24-38(33)47(43(34)41)32-18-5-2-6-19-32;1-3-13-25(14-4-1)36-29-18-7-10-20-31(29)39-38(40-36)42-33-22-12-9-19-30(33)35-34(42)24-23-28-27-17-8-11-21-32(27)41(37(28)35)26-15-5-2-6-16-26/h1-28H;1-24H. The lowest BCUT2D eigenvalue weighted by Gasteiger charge is -2.13. The fourth-order valence-corrected chi connectivity index (χ4v) is 14.0. The van der Waals surface area contributed by atoms with E-state index in [9.17, 15) is 0 Å². The van der Waals surface area contributed by atoms with Crippen molar-refractivity contribution in [2.24, 2.45) is 0 Å². The molecule has 8 nitrogen and oxygen atoms in total. The van der Waals surface area contributed by atoms with Gasteiger partial charge in [0.2, 0.25) is 11.9 Å². The largest absolute Gasteiger partial charge is 0.309 e. The van der Waals surface area contributed by atoms with E-state index in [4.69, 9.17) is 19.9 Å². The van der Waals surface area contributed by atoms with Crippen LogP contribution in [0.5, 0.6) is 0 Å². The quantitative estimate of drug-likeness (QED) is 0.159. The number of hydrogen-bond acceptors (Lipinski definition) is 4. The third kappa shape index (κ3) is 8.02. The van der Waals surface area contributed by atoms with Gasteiger partial charge in [0.1, 0.15) is 0 Å². The molecular weight excluding hydrogens is 1100 g/mol. The zero-order chi connectivity index (χ0) is 59.2. The predicted molar refractivity (Wildman–Crippen MR) is 373 cm³/mol. The van der Waals surface area contributed by atoms with E-state index >= 15 is 0 Å². The fraction of sp³-hybridized carbons (Fsp3) is 0. The van der Waals surface area contributed by atoms with Crippen molar-refractivity contribution in [1.82, 2.24) is 38.2 Å². The lowest BCUT2D eigenvalue weighted by Crippen LogP contribution is -2.03. The second-order valence-corrected chi connectivity index (χ2v) is 22.9. The number of benzene rings is 13. The highest BCUT2D eigenvalue weighted by molar-refractivity contribution is 6.27. The lowest BCUT2D eigenvalue weighted by atomic mass is 10.00. The van der Waals surface area contributed by atoms with Crippen molar-refractivity contribution in [2.75, 3.05) is 0 Å². The van der Waals surface area contributed by atoms with E-state index in [2.05, 4.69) is 322 Å². The van der Waals surface area contributed by atoms with Gasteiger partial charge in [-0.2, -0.15) is 0 Å². The molecular formula is C82H52N8. The molecule has 19 rings (SSSR count). The molecule has 0 atom stereocenters. The van der Waals surface area contributed by atoms with Crippen LogP contribution >= 0.6 is 0 Å². The highest BCUT2D eigenvalue weighted by Crippen LogP contribution is 2.45. The van der Waals surface area contributed by atoms with Crippen LogP contribution in [0.1, 0.15) is 0 Å². The molecule has 0 bridgehead atoms. The molecule has 8 heteroatoms. The molecule has 6 heterocycles. The van der Waals surface area contributed by atoms with Gasteiger partial charge in [0, 0.05) is 76.4 Å². The number of hydrogen-bond donors (Lipinski definition) is 0. The smallest absolute Gasteiger partial charge is 0.235 e. The van der Waals surface area contributed by atoms with Crippen LogP contribution in [0.4, 0.5) is 0 Å². The van der Waals surface area contributed by atoms with Gasteiger partial charge in [-0.05, 0) is 90.0 Å². The van der Waals surface area contributed by atoms with Gasteiger partial charge in [-0.25, -0.2) is 19.9 Å². The summed E-state index contributed by atoms with van der Waals surface area (Å²) < 4.78 is 9.29. The monoisotopic (exact) mass is 1150 g/mol. The molecule has 0 fully saturated rings. The molecule has 0 aliphatic heterocycles. The molecule has 0 aliphatic rings. The van der Waals surface area contributed by atoms with E-state index in [0.29, 0.717) is 11.9 Å². The average molecular weight is 1150 g/mol. The first-order valence-corrected chi connectivity index (χ1v) is 30.5. The van der Waals surface area contributed by atoms with E-state index in [1.807, 2.05) is 12.1 Å². The third-order valence-corrected chi connectivity index (χ3v) is 17.8. The molecule has 0 N–H and O–H groups in total. The summed E-state index contributed by atoms with van der Waals surface area (Å²) >= 11 is 0. The molecule has 0 aliphatic carbocycles. The second-order valence-electron chi connectivity index (χ2n) is 22.9. The number of para-hydroxylation sites is 8. The Kier molecular flexibility index (Phi) is 11.7. The first-order valence-electron chi connectivity index (χ1n) is 30.5. The van der Waals surface area contributed by atoms with E-state index < -0.39 is 0 Å². The minimum atomic E-state index is 0.654. The van der Waals surface area contributed by atoms with Gasteiger partial charge in [-0.15, -0.1) is 0 Å². The van der Waals surface area contributed by atoms with Crippen LogP contribution in [0.2, 0.25) is 0 Å². The predicted octanol–water partition coefficient (Wildman–Crippen LogP) is 20.6. The summed E-state index contributed by atoms with van der Waals surface area (Å²) in [6, 6.07) is 111. The van der Waals surface area contributed by atoms with Gasteiger partial charge in [-0.1, -0.05) is 237 Å². The Balaban J connectivity index is 0.000000135. The summed E-state index contributed by atoms with van der Waals surface area (Å²) in [5, 5.41) is 11.7. The molecule has 0 spiro atoms. The van der Waals surface area contributed by atoms with Crippen molar-refractivity contribution < 1.29 is 0 Å². The minimum absolute atomic E-state index is 0.654. The number of aromatic nitrogens is 8. The van der Waals surface area contributed by atoms with Crippen molar-refractivity contribution in [3.8, 4) is 56.9 Å². The zero-order valence-corrected chi connectivity index (χ0v) is 48.6. The molecule has 0 amide bonds. The molecule has 420 valence electrons. The average Bonchev–Trinajstić information content (AvgIpc) is 1.58. The normalized spacial score (nSPS) is 11.8.